The Hall–Kier alpha value is -1.16. The minimum Gasteiger partial charge on any atom is -0.351 e. The molecule has 2 N–H and O–H groups in total. The van der Waals surface area contributed by atoms with Crippen LogP contribution in [0.2, 0.25) is 0 Å². The van der Waals surface area contributed by atoms with Crippen molar-refractivity contribution >= 4 is 5.82 Å². The Morgan fingerprint density at radius 3 is 3.00 bits per heavy atom. The zero-order chi connectivity index (χ0) is 10.7. The van der Waals surface area contributed by atoms with Crippen LogP contribution in [0.15, 0.2) is 18.6 Å². The third-order valence-corrected chi connectivity index (χ3v) is 3.00. The number of aromatic nitrogens is 2. The number of nitrogens with two attached hydrogens (primary N) is 1. The van der Waals surface area contributed by atoms with Gasteiger partial charge in [-0.25, -0.2) is 4.98 Å². The van der Waals surface area contributed by atoms with Crippen molar-refractivity contribution < 1.29 is 0 Å². The predicted octanol–water partition coefficient (Wildman–Crippen LogP) is 1.18. The first-order valence-corrected chi connectivity index (χ1v) is 5.57. The van der Waals surface area contributed by atoms with Crippen molar-refractivity contribution in [2.75, 3.05) is 11.4 Å². The van der Waals surface area contributed by atoms with E-state index in [2.05, 4.69) is 21.8 Å². The quantitative estimate of drug-likeness (QED) is 0.789. The van der Waals surface area contributed by atoms with Crippen LogP contribution in [-0.4, -0.2) is 28.6 Å². The van der Waals surface area contributed by atoms with Crippen LogP contribution < -0.4 is 10.6 Å². The van der Waals surface area contributed by atoms with Gasteiger partial charge in [0.05, 0.1) is 6.20 Å². The van der Waals surface area contributed by atoms with E-state index < -0.39 is 0 Å². The van der Waals surface area contributed by atoms with Gasteiger partial charge in [0.1, 0.15) is 5.82 Å². The van der Waals surface area contributed by atoms with E-state index in [4.69, 9.17) is 5.73 Å². The Labute approximate surface area is 90.5 Å². The van der Waals surface area contributed by atoms with Crippen molar-refractivity contribution in [1.29, 1.82) is 0 Å². The van der Waals surface area contributed by atoms with E-state index in [1.54, 1.807) is 12.4 Å². The van der Waals surface area contributed by atoms with Gasteiger partial charge >= 0.3 is 0 Å². The third kappa shape index (κ3) is 2.26. The van der Waals surface area contributed by atoms with Gasteiger partial charge in [-0.2, -0.15) is 0 Å². The highest BCUT2D eigenvalue weighted by Crippen LogP contribution is 2.23. The SMILES string of the molecule is CC(N)C1CCCCN1c1cnccn1. The van der Waals surface area contributed by atoms with E-state index in [1.165, 1.54) is 12.8 Å². The van der Waals surface area contributed by atoms with Crippen LogP contribution in [0.3, 0.4) is 0 Å². The molecule has 0 amide bonds. The number of nitrogens with zero attached hydrogens (tertiary/aromatic N) is 3. The van der Waals surface area contributed by atoms with E-state index in [1.807, 2.05) is 6.20 Å². The van der Waals surface area contributed by atoms with E-state index in [0.29, 0.717) is 6.04 Å². The zero-order valence-corrected chi connectivity index (χ0v) is 9.13. The molecule has 1 aromatic heterocycles. The molecule has 4 heteroatoms. The first kappa shape index (κ1) is 10.4. The number of anilines is 1. The molecule has 1 saturated heterocycles. The molecule has 2 heterocycles. The number of rotatable bonds is 2. The molecule has 4 nitrogen and oxygen atoms in total. The summed E-state index contributed by atoms with van der Waals surface area (Å²) in [6.07, 6.45) is 8.91. The lowest BCUT2D eigenvalue weighted by atomic mass is 9.97. The second-order valence-electron chi connectivity index (χ2n) is 4.18. The molecule has 2 atom stereocenters. The van der Waals surface area contributed by atoms with Gasteiger partial charge in [-0.3, -0.25) is 4.98 Å². The maximum Gasteiger partial charge on any atom is 0.147 e. The van der Waals surface area contributed by atoms with Crippen LogP contribution >= 0.6 is 0 Å². The average Bonchev–Trinajstić information content (AvgIpc) is 2.30. The first-order chi connectivity index (χ1) is 7.29. The van der Waals surface area contributed by atoms with Gasteiger partial charge in [0.25, 0.3) is 0 Å². The van der Waals surface area contributed by atoms with Gasteiger partial charge < -0.3 is 10.6 Å². The van der Waals surface area contributed by atoms with Crippen LogP contribution in [-0.2, 0) is 0 Å². The molecular weight excluding hydrogens is 188 g/mol. The molecule has 0 aliphatic carbocycles. The average molecular weight is 206 g/mol. The van der Waals surface area contributed by atoms with Crippen molar-refractivity contribution in [2.45, 2.75) is 38.3 Å². The van der Waals surface area contributed by atoms with Crippen LogP contribution in [0.1, 0.15) is 26.2 Å². The van der Waals surface area contributed by atoms with E-state index in [0.717, 1.165) is 18.8 Å². The summed E-state index contributed by atoms with van der Waals surface area (Å²) in [5, 5.41) is 0. The number of piperidine rings is 1. The lowest BCUT2D eigenvalue weighted by molar-refractivity contribution is 0.410. The molecule has 1 aliphatic heterocycles. The van der Waals surface area contributed by atoms with Gasteiger partial charge in [-0.05, 0) is 26.2 Å². The lowest BCUT2D eigenvalue weighted by Crippen LogP contribution is -2.49. The summed E-state index contributed by atoms with van der Waals surface area (Å²) in [6.45, 7) is 3.12. The van der Waals surface area contributed by atoms with Gasteiger partial charge in [0.15, 0.2) is 0 Å². The summed E-state index contributed by atoms with van der Waals surface area (Å²) >= 11 is 0. The summed E-state index contributed by atoms with van der Waals surface area (Å²) in [5.74, 6) is 0.958. The van der Waals surface area contributed by atoms with Crippen molar-refractivity contribution in [3.63, 3.8) is 0 Å². The number of hydrogen-bond donors (Lipinski definition) is 1. The molecule has 0 spiro atoms. The molecule has 0 bridgehead atoms. The molecule has 15 heavy (non-hydrogen) atoms. The van der Waals surface area contributed by atoms with Gasteiger partial charge in [0.2, 0.25) is 0 Å². The van der Waals surface area contributed by atoms with Crippen LogP contribution in [0, 0.1) is 0 Å². The van der Waals surface area contributed by atoms with E-state index in [-0.39, 0.29) is 6.04 Å². The van der Waals surface area contributed by atoms with Crippen molar-refractivity contribution in [3.05, 3.63) is 18.6 Å². The Balaban J connectivity index is 2.18. The van der Waals surface area contributed by atoms with Crippen molar-refractivity contribution in [3.8, 4) is 0 Å². The fourth-order valence-electron chi connectivity index (χ4n) is 2.23. The second kappa shape index (κ2) is 4.57. The lowest BCUT2D eigenvalue weighted by Gasteiger charge is -2.38. The topological polar surface area (TPSA) is 55.0 Å². The normalized spacial score (nSPS) is 23.9. The summed E-state index contributed by atoms with van der Waals surface area (Å²) in [5.41, 5.74) is 6.01. The molecule has 82 valence electrons. The van der Waals surface area contributed by atoms with E-state index >= 15 is 0 Å². The minimum absolute atomic E-state index is 0.187. The van der Waals surface area contributed by atoms with Crippen LogP contribution in [0.25, 0.3) is 0 Å². The van der Waals surface area contributed by atoms with Crippen molar-refractivity contribution in [2.24, 2.45) is 5.73 Å². The first-order valence-electron chi connectivity index (χ1n) is 5.57. The van der Waals surface area contributed by atoms with Gasteiger partial charge in [-0.15, -0.1) is 0 Å². The molecular formula is C11H18N4. The molecule has 2 rings (SSSR count). The van der Waals surface area contributed by atoms with E-state index in [9.17, 15) is 0 Å². The maximum atomic E-state index is 6.01. The largest absolute Gasteiger partial charge is 0.351 e. The fourth-order valence-corrected chi connectivity index (χ4v) is 2.23. The molecule has 0 aromatic carbocycles. The Bertz CT molecular complexity index is 299. The van der Waals surface area contributed by atoms with Crippen LogP contribution in [0.5, 0.6) is 0 Å². The minimum atomic E-state index is 0.187. The van der Waals surface area contributed by atoms with Gasteiger partial charge in [0, 0.05) is 31.0 Å². The third-order valence-electron chi connectivity index (χ3n) is 3.00. The summed E-state index contributed by atoms with van der Waals surface area (Å²) in [4.78, 5) is 10.7. The summed E-state index contributed by atoms with van der Waals surface area (Å²) in [6, 6.07) is 0.600. The van der Waals surface area contributed by atoms with Crippen LogP contribution in [0.4, 0.5) is 5.82 Å². The summed E-state index contributed by atoms with van der Waals surface area (Å²) < 4.78 is 0. The smallest absolute Gasteiger partial charge is 0.147 e. The summed E-state index contributed by atoms with van der Waals surface area (Å²) in [7, 11) is 0. The highest BCUT2D eigenvalue weighted by molar-refractivity contribution is 5.37. The second-order valence-corrected chi connectivity index (χ2v) is 4.18. The Morgan fingerprint density at radius 2 is 2.33 bits per heavy atom. The molecule has 0 radical (unpaired) electrons. The highest BCUT2D eigenvalue weighted by Gasteiger charge is 2.26. The molecule has 0 saturated carbocycles. The fraction of sp³-hybridized carbons (Fsp3) is 0.636. The predicted molar refractivity (Wildman–Crippen MR) is 60.7 cm³/mol. The highest BCUT2D eigenvalue weighted by atomic mass is 15.2. The maximum absolute atomic E-state index is 6.01. The van der Waals surface area contributed by atoms with Crippen molar-refractivity contribution in [1.82, 2.24) is 9.97 Å². The standard InChI is InChI=1S/C11H18N4/c1-9(12)10-4-2-3-7-15(10)11-8-13-5-6-14-11/h5-6,8-10H,2-4,7,12H2,1H3. The number of hydrogen-bond acceptors (Lipinski definition) is 4. The monoisotopic (exact) mass is 206 g/mol. The molecule has 2 unspecified atom stereocenters. The van der Waals surface area contributed by atoms with Gasteiger partial charge in [-0.1, -0.05) is 0 Å². The molecule has 1 fully saturated rings. The zero-order valence-electron chi connectivity index (χ0n) is 9.13. The Morgan fingerprint density at radius 1 is 1.47 bits per heavy atom. The molecule has 1 aliphatic rings. The Kier molecular flexibility index (Phi) is 3.16. The molecule has 1 aromatic rings.